The predicted molar refractivity (Wildman–Crippen MR) is 147 cm³/mol. The largest absolute Gasteiger partial charge is 0.489 e. The first-order valence-corrected chi connectivity index (χ1v) is 13.5. The zero-order chi connectivity index (χ0) is 24.0. The van der Waals surface area contributed by atoms with Gasteiger partial charge in [0.15, 0.2) is 11.5 Å². The van der Waals surface area contributed by atoms with Crippen LogP contribution < -0.4 is 9.47 Å². The third-order valence-electron chi connectivity index (χ3n) is 6.59. The Hall–Kier alpha value is -2.66. The molecule has 2 nitrogen and oxygen atoms in total. The van der Waals surface area contributed by atoms with Crippen LogP contribution in [0, 0.1) is 12.3 Å². The summed E-state index contributed by atoms with van der Waals surface area (Å²) in [5.41, 5.74) is 0.889. The summed E-state index contributed by atoms with van der Waals surface area (Å²) in [6, 6.07) is 14.7. The highest BCUT2D eigenvalue weighted by atomic mass is 16.5. The van der Waals surface area contributed by atoms with Crippen LogP contribution in [-0.4, -0.2) is 13.2 Å². The van der Waals surface area contributed by atoms with E-state index in [0.29, 0.717) is 6.61 Å². The summed E-state index contributed by atoms with van der Waals surface area (Å²) >= 11 is 0. The molecule has 3 aromatic carbocycles. The molecule has 2 heteroatoms. The van der Waals surface area contributed by atoms with Crippen molar-refractivity contribution in [3.63, 3.8) is 0 Å². The van der Waals surface area contributed by atoms with Crippen molar-refractivity contribution in [1.82, 2.24) is 0 Å². The molecular formula is C32H42O2. The molecule has 0 heterocycles. The van der Waals surface area contributed by atoms with Gasteiger partial charge in [0.25, 0.3) is 0 Å². The van der Waals surface area contributed by atoms with Crippen LogP contribution in [0.5, 0.6) is 11.5 Å². The molecule has 0 saturated heterocycles. The minimum atomic E-state index is 0.712. The highest BCUT2D eigenvalue weighted by molar-refractivity contribution is 6.14. The van der Waals surface area contributed by atoms with E-state index in [2.05, 4.69) is 56.2 Å². The van der Waals surface area contributed by atoms with Gasteiger partial charge in [-0.25, -0.2) is 0 Å². The Balaban J connectivity index is 1.83. The number of unbranched alkanes of at least 4 members (excludes halogenated alkanes) is 10. The predicted octanol–water partition coefficient (Wildman–Crippen LogP) is 9.45. The van der Waals surface area contributed by atoms with Crippen molar-refractivity contribution >= 4 is 21.5 Å². The smallest absolute Gasteiger partial charge is 0.169 e. The molecule has 0 aliphatic rings. The second kappa shape index (κ2) is 14.6. The van der Waals surface area contributed by atoms with E-state index < -0.39 is 0 Å². The highest BCUT2D eigenvalue weighted by Gasteiger charge is 2.17. The number of rotatable bonds is 16. The highest BCUT2D eigenvalue weighted by Crippen LogP contribution is 2.44. The molecule has 34 heavy (non-hydrogen) atoms. The van der Waals surface area contributed by atoms with Gasteiger partial charge in [0.05, 0.1) is 13.2 Å². The van der Waals surface area contributed by atoms with Gasteiger partial charge in [-0.2, -0.15) is 0 Å². The van der Waals surface area contributed by atoms with Crippen molar-refractivity contribution in [2.45, 2.75) is 90.9 Å². The molecule has 0 atom stereocenters. The lowest BCUT2D eigenvalue weighted by Crippen LogP contribution is -2.04. The molecule has 0 aromatic heterocycles. The van der Waals surface area contributed by atoms with Gasteiger partial charge in [0.2, 0.25) is 0 Å². The summed E-state index contributed by atoms with van der Waals surface area (Å²) in [6.07, 6.45) is 20.7. The zero-order valence-corrected chi connectivity index (χ0v) is 21.3. The maximum atomic E-state index is 6.47. The van der Waals surface area contributed by atoms with E-state index in [-0.39, 0.29) is 0 Å². The zero-order valence-electron chi connectivity index (χ0n) is 21.3. The molecule has 0 bridgehead atoms. The van der Waals surface area contributed by atoms with E-state index in [1.165, 1.54) is 69.6 Å². The third-order valence-corrected chi connectivity index (χ3v) is 6.59. The molecule has 182 valence electrons. The molecule has 0 saturated carbocycles. The van der Waals surface area contributed by atoms with Crippen LogP contribution in [0.25, 0.3) is 21.5 Å². The normalized spacial score (nSPS) is 11.1. The van der Waals surface area contributed by atoms with Gasteiger partial charge in [-0.1, -0.05) is 108 Å². The van der Waals surface area contributed by atoms with E-state index >= 15 is 0 Å². The van der Waals surface area contributed by atoms with Crippen LogP contribution in [0.1, 0.15) is 96.5 Å². The van der Waals surface area contributed by atoms with Gasteiger partial charge in [-0.15, -0.1) is 6.42 Å². The molecule has 0 amide bonds. The summed E-state index contributed by atoms with van der Waals surface area (Å²) in [4.78, 5) is 0. The molecule has 0 fully saturated rings. The van der Waals surface area contributed by atoms with Gasteiger partial charge in [0.1, 0.15) is 0 Å². The monoisotopic (exact) mass is 458 g/mol. The van der Waals surface area contributed by atoms with Gasteiger partial charge in [-0.3, -0.25) is 0 Å². The second-order valence-corrected chi connectivity index (χ2v) is 9.34. The maximum Gasteiger partial charge on any atom is 0.169 e. The fourth-order valence-electron chi connectivity index (χ4n) is 4.62. The first-order valence-electron chi connectivity index (χ1n) is 13.5. The molecule has 0 radical (unpaired) electrons. The standard InChI is InChI=1S/C32H42O2/c1-4-7-9-11-13-17-23-33-31-28-20-16-15-19-27(28)30-25-26(6-3)21-22-29(30)32(31)34-24-18-14-12-10-8-5-2/h3,15-16,19-22,25H,4-5,7-14,17-18,23-24H2,1-2H3. The van der Waals surface area contributed by atoms with Crippen LogP contribution >= 0.6 is 0 Å². The molecule has 0 spiro atoms. The molecule has 0 aliphatic carbocycles. The molecule has 3 rings (SSSR count). The first-order chi connectivity index (χ1) is 16.8. The molecule has 0 aliphatic heterocycles. The number of terminal acetylenes is 1. The fourth-order valence-corrected chi connectivity index (χ4v) is 4.62. The van der Waals surface area contributed by atoms with Crippen LogP contribution in [0.3, 0.4) is 0 Å². The number of hydrogen-bond acceptors (Lipinski definition) is 2. The summed E-state index contributed by atoms with van der Waals surface area (Å²) in [6.45, 7) is 5.95. The van der Waals surface area contributed by atoms with Crippen LogP contribution in [0.2, 0.25) is 0 Å². The first kappa shape index (κ1) is 26.0. The van der Waals surface area contributed by atoms with Crippen LogP contribution in [0.15, 0.2) is 42.5 Å². The van der Waals surface area contributed by atoms with Gasteiger partial charge >= 0.3 is 0 Å². The quantitative estimate of drug-likeness (QED) is 0.121. The van der Waals surface area contributed by atoms with Gasteiger partial charge in [0, 0.05) is 16.3 Å². The average Bonchev–Trinajstić information content (AvgIpc) is 2.88. The Morgan fingerprint density at radius 3 is 1.65 bits per heavy atom. The Labute approximate surface area is 207 Å². The lowest BCUT2D eigenvalue weighted by atomic mass is 9.98. The van der Waals surface area contributed by atoms with Gasteiger partial charge < -0.3 is 9.47 Å². The SMILES string of the molecule is C#Cc1ccc2c(OCCCCCCCC)c(OCCCCCCCC)c3ccccc3c2c1. The maximum absolute atomic E-state index is 6.47. The van der Waals surface area contributed by atoms with E-state index in [4.69, 9.17) is 15.9 Å². The van der Waals surface area contributed by atoms with Crippen molar-refractivity contribution in [3.8, 4) is 23.8 Å². The number of fused-ring (bicyclic) bond motifs is 3. The van der Waals surface area contributed by atoms with Crippen LogP contribution in [0.4, 0.5) is 0 Å². The van der Waals surface area contributed by atoms with E-state index in [1.807, 2.05) is 6.07 Å². The van der Waals surface area contributed by atoms with Crippen molar-refractivity contribution < 1.29 is 9.47 Å². The van der Waals surface area contributed by atoms with Crippen molar-refractivity contribution in [1.29, 1.82) is 0 Å². The Morgan fingerprint density at radius 1 is 0.588 bits per heavy atom. The summed E-state index contributed by atoms with van der Waals surface area (Å²) in [5.74, 6) is 4.54. The topological polar surface area (TPSA) is 18.5 Å². The van der Waals surface area contributed by atoms with E-state index in [1.54, 1.807) is 0 Å². The van der Waals surface area contributed by atoms with Crippen LogP contribution in [-0.2, 0) is 0 Å². The minimum absolute atomic E-state index is 0.712. The van der Waals surface area contributed by atoms with Crippen molar-refractivity contribution in [2.24, 2.45) is 0 Å². The average molecular weight is 459 g/mol. The number of ether oxygens (including phenoxy) is 2. The van der Waals surface area contributed by atoms with Crippen molar-refractivity contribution in [2.75, 3.05) is 13.2 Å². The lowest BCUT2D eigenvalue weighted by Gasteiger charge is -2.19. The second-order valence-electron chi connectivity index (χ2n) is 9.34. The van der Waals surface area contributed by atoms with E-state index in [0.717, 1.165) is 52.7 Å². The Kier molecular flexibility index (Phi) is 11.1. The third kappa shape index (κ3) is 7.17. The Bertz CT molecular complexity index is 1060. The molecular weight excluding hydrogens is 416 g/mol. The van der Waals surface area contributed by atoms with Gasteiger partial charge in [-0.05, 0) is 41.8 Å². The fraction of sp³-hybridized carbons (Fsp3) is 0.500. The number of hydrogen-bond donors (Lipinski definition) is 0. The minimum Gasteiger partial charge on any atom is -0.489 e. The summed E-state index contributed by atoms with van der Waals surface area (Å²) in [7, 11) is 0. The number of benzene rings is 3. The van der Waals surface area contributed by atoms with E-state index in [9.17, 15) is 0 Å². The summed E-state index contributed by atoms with van der Waals surface area (Å²) in [5, 5.41) is 4.49. The Morgan fingerprint density at radius 2 is 1.09 bits per heavy atom. The van der Waals surface area contributed by atoms with Crippen molar-refractivity contribution in [3.05, 3.63) is 48.0 Å². The molecule has 0 N–H and O–H groups in total. The summed E-state index contributed by atoms with van der Waals surface area (Å²) < 4.78 is 12.9. The molecule has 3 aromatic rings. The molecule has 0 unspecified atom stereocenters. The lowest BCUT2D eigenvalue weighted by molar-refractivity contribution is 0.263.